The molecule has 1 atom stereocenters. The molecule has 16 heavy (non-hydrogen) atoms. The molecule has 0 amide bonds. The minimum absolute atomic E-state index is 0.270. The van der Waals surface area contributed by atoms with Crippen LogP contribution in [-0.4, -0.2) is 15.8 Å². The summed E-state index contributed by atoms with van der Waals surface area (Å²) in [5, 5.41) is 4.48. The van der Waals surface area contributed by atoms with Crippen LogP contribution < -0.4 is 5.73 Å². The fraction of sp³-hybridized carbons (Fsp3) is 0.750. The molecule has 1 aromatic rings. The molecule has 0 aliphatic heterocycles. The summed E-state index contributed by atoms with van der Waals surface area (Å²) in [5.41, 5.74) is 8.45. The molecule has 1 rings (SSSR count). The zero-order valence-electron chi connectivity index (χ0n) is 10.6. The first kappa shape index (κ1) is 13.7. The van der Waals surface area contributed by atoms with Gasteiger partial charge in [0.25, 0.3) is 0 Å². The molecule has 3 nitrogen and oxygen atoms in total. The first-order chi connectivity index (χ1) is 7.47. The highest BCUT2D eigenvalue weighted by atomic mass is 79.9. The van der Waals surface area contributed by atoms with Crippen molar-refractivity contribution in [2.45, 2.75) is 46.1 Å². The van der Waals surface area contributed by atoms with Gasteiger partial charge in [-0.15, -0.1) is 0 Å². The zero-order valence-corrected chi connectivity index (χ0v) is 12.2. The minimum atomic E-state index is 0.270. The number of halogens is 1. The maximum atomic E-state index is 6.06. The van der Waals surface area contributed by atoms with Gasteiger partial charge in [0.15, 0.2) is 0 Å². The Balaban J connectivity index is 2.70. The van der Waals surface area contributed by atoms with Crippen molar-refractivity contribution in [1.29, 1.82) is 0 Å². The molecule has 0 spiro atoms. The van der Waals surface area contributed by atoms with E-state index in [0.717, 1.165) is 29.4 Å². The predicted molar refractivity (Wildman–Crippen MR) is 71.4 cm³/mol. The molecular formula is C12H22BrN3. The minimum Gasteiger partial charge on any atom is -0.327 e. The Bertz CT molecular complexity index is 344. The number of rotatable bonds is 5. The van der Waals surface area contributed by atoms with Gasteiger partial charge >= 0.3 is 0 Å². The van der Waals surface area contributed by atoms with Crippen LogP contribution in [0.2, 0.25) is 0 Å². The molecular weight excluding hydrogens is 266 g/mol. The van der Waals surface area contributed by atoms with E-state index in [1.807, 2.05) is 11.7 Å². The summed E-state index contributed by atoms with van der Waals surface area (Å²) in [4.78, 5) is 0. The fourth-order valence-corrected chi connectivity index (χ4v) is 2.54. The first-order valence-electron chi connectivity index (χ1n) is 5.93. The normalized spacial score (nSPS) is 13.4. The van der Waals surface area contributed by atoms with Crippen molar-refractivity contribution in [3.05, 3.63) is 15.9 Å². The molecule has 1 heterocycles. The van der Waals surface area contributed by atoms with Gasteiger partial charge in [0.1, 0.15) is 0 Å². The van der Waals surface area contributed by atoms with Crippen molar-refractivity contribution in [2.75, 3.05) is 0 Å². The van der Waals surface area contributed by atoms with Crippen molar-refractivity contribution in [1.82, 2.24) is 9.78 Å². The van der Waals surface area contributed by atoms with E-state index in [4.69, 9.17) is 5.73 Å². The van der Waals surface area contributed by atoms with Crippen LogP contribution in [0.25, 0.3) is 0 Å². The highest BCUT2D eigenvalue weighted by Gasteiger charge is 2.14. The molecule has 92 valence electrons. The van der Waals surface area contributed by atoms with Crippen LogP contribution in [0.3, 0.4) is 0 Å². The van der Waals surface area contributed by atoms with Gasteiger partial charge < -0.3 is 5.73 Å². The predicted octanol–water partition coefficient (Wildman–Crippen LogP) is 2.66. The lowest BCUT2D eigenvalue weighted by molar-refractivity contribution is 0.458. The molecule has 0 fully saturated rings. The lowest BCUT2D eigenvalue weighted by Gasteiger charge is -2.15. The largest absolute Gasteiger partial charge is 0.327 e. The van der Waals surface area contributed by atoms with Gasteiger partial charge in [-0.3, -0.25) is 4.68 Å². The highest BCUT2D eigenvalue weighted by Crippen LogP contribution is 2.23. The van der Waals surface area contributed by atoms with E-state index in [0.29, 0.717) is 5.92 Å². The summed E-state index contributed by atoms with van der Waals surface area (Å²) >= 11 is 3.63. The van der Waals surface area contributed by atoms with Crippen LogP contribution in [0.4, 0.5) is 0 Å². The van der Waals surface area contributed by atoms with E-state index in [9.17, 15) is 0 Å². The number of aromatic nitrogens is 2. The maximum Gasteiger partial charge on any atom is 0.0766 e. The Morgan fingerprint density at radius 1 is 1.44 bits per heavy atom. The van der Waals surface area contributed by atoms with Crippen LogP contribution in [0, 0.1) is 5.92 Å². The van der Waals surface area contributed by atoms with Gasteiger partial charge in [0.2, 0.25) is 0 Å². The molecule has 0 aromatic carbocycles. The first-order valence-corrected chi connectivity index (χ1v) is 6.72. The highest BCUT2D eigenvalue weighted by molar-refractivity contribution is 9.10. The molecule has 2 N–H and O–H groups in total. The number of nitrogens with two attached hydrogens (primary N) is 1. The monoisotopic (exact) mass is 287 g/mol. The number of hydrogen-bond acceptors (Lipinski definition) is 2. The summed E-state index contributed by atoms with van der Waals surface area (Å²) in [6.45, 7) is 6.46. The Morgan fingerprint density at radius 3 is 2.50 bits per heavy atom. The third-order valence-electron chi connectivity index (χ3n) is 3.07. The average molecular weight is 288 g/mol. The second-order valence-corrected chi connectivity index (χ2v) is 5.42. The molecule has 0 aliphatic rings. The third-order valence-corrected chi connectivity index (χ3v) is 3.99. The molecule has 0 aliphatic carbocycles. The fourth-order valence-electron chi connectivity index (χ4n) is 1.73. The van der Waals surface area contributed by atoms with E-state index in [1.54, 1.807) is 0 Å². The SMILES string of the molecule is CCc1nn(C)c(CCC(N)C(C)C)c1Br. The zero-order chi connectivity index (χ0) is 12.3. The Morgan fingerprint density at radius 2 is 2.06 bits per heavy atom. The van der Waals surface area contributed by atoms with E-state index in [1.165, 1.54) is 5.69 Å². The molecule has 0 saturated carbocycles. The van der Waals surface area contributed by atoms with Crippen LogP contribution in [0.15, 0.2) is 4.47 Å². The van der Waals surface area contributed by atoms with E-state index < -0.39 is 0 Å². The Hall–Kier alpha value is -0.350. The molecule has 4 heteroatoms. The van der Waals surface area contributed by atoms with Crippen molar-refractivity contribution in [2.24, 2.45) is 18.7 Å². The topological polar surface area (TPSA) is 43.8 Å². The van der Waals surface area contributed by atoms with Gasteiger partial charge in [0.05, 0.1) is 15.9 Å². The van der Waals surface area contributed by atoms with Gasteiger partial charge in [0, 0.05) is 13.1 Å². The van der Waals surface area contributed by atoms with Gasteiger partial charge in [-0.25, -0.2) is 0 Å². The maximum absolute atomic E-state index is 6.06. The van der Waals surface area contributed by atoms with E-state index in [2.05, 4.69) is 41.8 Å². The summed E-state index contributed by atoms with van der Waals surface area (Å²) < 4.78 is 3.13. The summed E-state index contributed by atoms with van der Waals surface area (Å²) in [5.74, 6) is 0.539. The number of nitrogens with zero attached hydrogens (tertiary/aromatic N) is 2. The quantitative estimate of drug-likeness (QED) is 0.905. The summed E-state index contributed by atoms with van der Waals surface area (Å²) in [6.07, 6.45) is 2.97. The van der Waals surface area contributed by atoms with Crippen LogP contribution in [-0.2, 0) is 19.9 Å². The summed E-state index contributed by atoms with van der Waals surface area (Å²) in [6, 6.07) is 0.270. The third kappa shape index (κ3) is 3.08. The van der Waals surface area contributed by atoms with Gasteiger partial charge in [-0.2, -0.15) is 5.10 Å². The van der Waals surface area contributed by atoms with Crippen LogP contribution in [0.1, 0.15) is 38.6 Å². The Labute approximate surface area is 107 Å². The van der Waals surface area contributed by atoms with Crippen molar-refractivity contribution in [3.8, 4) is 0 Å². The lowest BCUT2D eigenvalue weighted by Crippen LogP contribution is -2.27. The second-order valence-electron chi connectivity index (χ2n) is 4.63. The smallest absolute Gasteiger partial charge is 0.0766 e. The van der Waals surface area contributed by atoms with Crippen molar-refractivity contribution >= 4 is 15.9 Å². The van der Waals surface area contributed by atoms with Crippen LogP contribution in [0.5, 0.6) is 0 Å². The molecule has 0 bridgehead atoms. The molecule has 1 aromatic heterocycles. The molecule has 0 radical (unpaired) electrons. The Kier molecular flexibility index (Phi) is 4.99. The molecule has 1 unspecified atom stereocenters. The van der Waals surface area contributed by atoms with Crippen LogP contribution >= 0.6 is 15.9 Å². The average Bonchev–Trinajstić information content (AvgIpc) is 2.51. The number of aryl methyl sites for hydroxylation is 2. The standard InChI is InChI=1S/C12H22BrN3/c1-5-10-12(13)11(16(4)15-10)7-6-9(14)8(2)3/h8-9H,5-7,14H2,1-4H3. The van der Waals surface area contributed by atoms with E-state index in [-0.39, 0.29) is 6.04 Å². The van der Waals surface area contributed by atoms with Gasteiger partial charge in [-0.05, 0) is 41.1 Å². The van der Waals surface area contributed by atoms with Crippen molar-refractivity contribution < 1.29 is 0 Å². The number of hydrogen-bond donors (Lipinski definition) is 1. The van der Waals surface area contributed by atoms with Crippen molar-refractivity contribution in [3.63, 3.8) is 0 Å². The van der Waals surface area contributed by atoms with Gasteiger partial charge in [-0.1, -0.05) is 20.8 Å². The van der Waals surface area contributed by atoms with E-state index >= 15 is 0 Å². The lowest BCUT2D eigenvalue weighted by atomic mass is 9.99. The second kappa shape index (κ2) is 5.82. The molecule has 0 saturated heterocycles. The summed E-state index contributed by atoms with van der Waals surface area (Å²) in [7, 11) is 2.00.